The third kappa shape index (κ3) is 3.20. The van der Waals surface area contributed by atoms with Gasteiger partial charge in [0.05, 0.1) is 15.6 Å². The van der Waals surface area contributed by atoms with E-state index in [1.807, 2.05) is 42.6 Å². The maximum atomic E-state index is 12.0. The third-order valence-corrected chi connectivity index (χ3v) is 5.08. The molecule has 1 aliphatic rings. The molecule has 0 radical (unpaired) electrons. The minimum atomic E-state index is -0.126. The number of thiophene rings is 1. The number of hydrogen-bond acceptors (Lipinski definition) is 4. The van der Waals surface area contributed by atoms with Gasteiger partial charge in [-0.2, -0.15) is 0 Å². The Morgan fingerprint density at radius 2 is 2.10 bits per heavy atom. The van der Waals surface area contributed by atoms with Crippen LogP contribution >= 0.6 is 34.7 Å². The van der Waals surface area contributed by atoms with E-state index in [0.717, 1.165) is 10.4 Å². The molecule has 1 aromatic heterocycles. The first-order valence-electron chi connectivity index (χ1n) is 6.22. The van der Waals surface area contributed by atoms with Crippen molar-refractivity contribution >= 4 is 57.5 Å². The van der Waals surface area contributed by atoms with Crippen LogP contribution in [-0.4, -0.2) is 11.1 Å². The fourth-order valence-corrected chi connectivity index (χ4v) is 3.71. The molecule has 1 saturated heterocycles. The van der Waals surface area contributed by atoms with Crippen molar-refractivity contribution < 1.29 is 4.79 Å². The molecule has 106 valence electrons. The van der Waals surface area contributed by atoms with Crippen LogP contribution in [0.1, 0.15) is 10.4 Å². The average molecular weight is 335 g/mol. The fourth-order valence-electron chi connectivity index (χ4n) is 1.78. The fraction of sp³-hybridized carbons (Fsp3) is 0.0667. The molecule has 1 fully saturated rings. The molecule has 1 aromatic carbocycles. The molecule has 0 bridgehead atoms. The number of amidine groups is 1. The van der Waals surface area contributed by atoms with Gasteiger partial charge < -0.3 is 5.32 Å². The number of aryl methyl sites for hydroxylation is 1. The molecule has 0 aliphatic carbocycles. The quantitative estimate of drug-likeness (QED) is 0.815. The molecule has 0 unspecified atom stereocenters. The Morgan fingerprint density at radius 3 is 2.81 bits per heavy atom. The summed E-state index contributed by atoms with van der Waals surface area (Å²) in [4.78, 5) is 18.1. The summed E-state index contributed by atoms with van der Waals surface area (Å²) >= 11 is 9.01. The van der Waals surface area contributed by atoms with Crippen molar-refractivity contribution in [3.05, 3.63) is 56.1 Å². The van der Waals surface area contributed by atoms with Crippen LogP contribution in [0.4, 0.5) is 5.69 Å². The lowest BCUT2D eigenvalue weighted by Crippen LogP contribution is -2.19. The zero-order valence-electron chi connectivity index (χ0n) is 11.1. The van der Waals surface area contributed by atoms with Gasteiger partial charge in [-0.05, 0) is 53.9 Å². The zero-order chi connectivity index (χ0) is 14.8. The minimum Gasteiger partial charge on any atom is -0.300 e. The van der Waals surface area contributed by atoms with E-state index in [4.69, 9.17) is 11.6 Å². The monoisotopic (exact) mass is 334 g/mol. The number of benzene rings is 1. The molecule has 3 rings (SSSR count). The molecule has 1 amide bonds. The van der Waals surface area contributed by atoms with Crippen LogP contribution in [-0.2, 0) is 4.79 Å². The van der Waals surface area contributed by atoms with E-state index in [9.17, 15) is 4.79 Å². The summed E-state index contributed by atoms with van der Waals surface area (Å²) < 4.78 is 0. The van der Waals surface area contributed by atoms with Gasteiger partial charge in [0.25, 0.3) is 5.91 Å². The van der Waals surface area contributed by atoms with Crippen LogP contribution in [0.25, 0.3) is 6.08 Å². The van der Waals surface area contributed by atoms with Crippen LogP contribution in [0.15, 0.2) is 45.6 Å². The van der Waals surface area contributed by atoms with E-state index in [-0.39, 0.29) is 5.91 Å². The van der Waals surface area contributed by atoms with Gasteiger partial charge in [0.2, 0.25) is 0 Å². The van der Waals surface area contributed by atoms with E-state index < -0.39 is 0 Å². The van der Waals surface area contributed by atoms with Crippen molar-refractivity contribution in [3.63, 3.8) is 0 Å². The number of hydrogen-bond donors (Lipinski definition) is 1. The number of para-hydroxylation sites is 1. The summed E-state index contributed by atoms with van der Waals surface area (Å²) in [7, 11) is 0. The molecule has 0 saturated carbocycles. The molecular formula is C15H11ClN2OS2. The Labute approximate surface area is 135 Å². The van der Waals surface area contributed by atoms with Crippen molar-refractivity contribution in [3.8, 4) is 0 Å². The molecule has 21 heavy (non-hydrogen) atoms. The van der Waals surface area contributed by atoms with E-state index in [0.29, 0.717) is 20.8 Å². The second kappa shape index (κ2) is 6.05. The first-order chi connectivity index (χ1) is 10.1. The number of amides is 1. The number of carbonyl (C=O) groups excluding carboxylic acids is 1. The molecule has 1 N–H and O–H groups in total. The van der Waals surface area contributed by atoms with Gasteiger partial charge in [-0.15, -0.1) is 11.3 Å². The number of rotatable bonds is 2. The summed E-state index contributed by atoms with van der Waals surface area (Å²) in [5, 5.41) is 5.89. The Hall–Kier alpha value is -1.56. The second-order valence-corrected chi connectivity index (χ2v) is 6.79. The van der Waals surface area contributed by atoms with Gasteiger partial charge in [-0.25, -0.2) is 4.99 Å². The minimum absolute atomic E-state index is 0.126. The predicted molar refractivity (Wildman–Crippen MR) is 91.3 cm³/mol. The number of nitrogens with one attached hydrogen (secondary N) is 1. The number of aliphatic imine (C=N–C) groups is 1. The largest absolute Gasteiger partial charge is 0.300 e. The van der Waals surface area contributed by atoms with Crippen molar-refractivity contribution in [1.29, 1.82) is 0 Å². The van der Waals surface area contributed by atoms with Gasteiger partial charge >= 0.3 is 0 Å². The van der Waals surface area contributed by atoms with Gasteiger partial charge in [0.15, 0.2) is 5.17 Å². The lowest BCUT2D eigenvalue weighted by Gasteiger charge is -1.98. The van der Waals surface area contributed by atoms with Crippen LogP contribution < -0.4 is 5.32 Å². The normalized spacial score (nSPS) is 18.5. The second-order valence-electron chi connectivity index (χ2n) is 4.40. The Morgan fingerprint density at radius 1 is 1.29 bits per heavy atom. The van der Waals surface area contributed by atoms with Gasteiger partial charge in [-0.1, -0.05) is 23.7 Å². The van der Waals surface area contributed by atoms with Crippen LogP contribution in [0.3, 0.4) is 0 Å². The predicted octanol–water partition coefficient (Wildman–Crippen LogP) is 4.60. The molecule has 0 spiro atoms. The number of thioether (sulfide) groups is 1. The maximum absolute atomic E-state index is 12.0. The van der Waals surface area contributed by atoms with Crippen molar-refractivity contribution in [2.45, 2.75) is 6.92 Å². The molecule has 2 heterocycles. The molecule has 6 heteroatoms. The van der Waals surface area contributed by atoms with Crippen LogP contribution in [0.2, 0.25) is 5.02 Å². The molecular weight excluding hydrogens is 324 g/mol. The van der Waals surface area contributed by atoms with Crippen molar-refractivity contribution in [2.24, 2.45) is 4.99 Å². The summed E-state index contributed by atoms with van der Waals surface area (Å²) in [5.41, 5.74) is 1.81. The van der Waals surface area contributed by atoms with Gasteiger partial charge in [0.1, 0.15) is 0 Å². The first kappa shape index (κ1) is 14.4. The van der Waals surface area contributed by atoms with Crippen LogP contribution in [0.5, 0.6) is 0 Å². The van der Waals surface area contributed by atoms with Gasteiger partial charge in [0, 0.05) is 4.88 Å². The number of halogens is 1. The van der Waals surface area contributed by atoms with E-state index in [1.54, 1.807) is 17.4 Å². The topological polar surface area (TPSA) is 41.5 Å². The molecule has 3 nitrogen and oxygen atoms in total. The lowest BCUT2D eigenvalue weighted by molar-refractivity contribution is -0.115. The Kier molecular flexibility index (Phi) is 4.14. The highest BCUT2D eigenvalue weighted by atomic mass is 35.5. The molecule has 2 aromatic rings. The van der Waals surface area contributed by atoms with E-state index in [1.165, 1.54) is 11.8 Å². The van der Waals surface area contributed by atoms with E-state index >= 15 is 0 Å². The Bertz CT molecular complexity index is 765. The highest BCUT2D eigenvalue weighted by Gasteiger charge is 2.24. The summed E-state index contributed by atoms with van der Waals surface area (Å²) in [6.45, 7) is 2.03. The van der Waals surface area contributed by atoms with Crippen LogP contribution in [0, 0.1) is 6.92 Å². The highest BCUT2D eigenvalue weighted by Crippen LogP contribution is 2.31. The number of carbonyl (C=O) groups is 1. The smallest absolute Gasteiger partial charge is 0.264 e. The van der Waals surface area contributed by atoms with E-state index in [2.05, 4.69) is 10.3 Å². The summed E-state index contributed by atoms with van der Waals surface area (Å²) in [6.07, 6.45) is 1.90. The van der Waals surface area contributed by atoms with Gasteiger partial charge in [-0.3, -0.25) is 4.79 Å². The standard InChI is InChI=1S/C15H11ClN2OS2/c1-9-6-7-20-12(9)8-13-14(19)18-15(21-13)17-11-5-3-2-4-10(11)16/h2-8H,1H3,(H,17,18,19)/b13-8+. The third-order valence-electron chi connectivity index (χ3n) is 2.89. The molecule has 1 aliphatic heterocycles. The van der Waals surface area contributed by atoms with Crippen molar-refractivity contribution in [1.82, 2.24) is 5.32 Å². The molecule has 0 atom stereocenters. The highest BCUT2D eigenvalue weighted by molar-refractivity contribution is 8.18. The summed E-state index contributed by atoms with van der Waals surface area (Å²) in [6, 6.07) is 9.32. The Balaban J connectivity index is 1.87. The zero-order valence-corrected chi connectivity index (χ0v) is 13.5. The SMILES string of the molecule is Cc1ccsc1/C=C1/SC(=Nc2ccccc2Cl)NC1=O. The number of nitrogens with zero attached hydrogens (tertiary/aromatic N) is 1. The summed E-state index contributed by atoms with van der Waals surface area (Å²) in [5.74, 6) is -0.126. The maximum Gasteiger partial charge on any atom is 0.264 e. The first-order valence-corrected chi connectivity index (χ1v) is 8.29. The van der Waals surface area contributed by atoms with Crippen molar-refractivity contribution in [2.75, 3.05) is 0 Å². The average Bonchev–Trinajstić information content (AvgIpc) is 3.00. The lowest BCUT2D eigenvalue weighted by atomic mass is 10.3.